The van der Waals surface area contributed by atoms with Crippen molar-refractivity contribution in [1.29, 1.82) is 0 Å². The summed E-state index contributed by atoms with van der Waals surface area (Å²) in [5.41, 5.74) is 2.58. The van der Waals surface area contributed by atoms with Crippen LogP contribution in [0.15, 0.2) is 29.6 Å². The summed E-state index contributed by atoms with van der Waals surface area (Å²) in [5, 5.41) is 7.83. The van der Waals surface area contributed by atoms with E-state index in [9.17, 15) is 9.59 Å². The van der Waals surface area contributed by atoms with Gasteiger partial charge in [-0.15, -0.1) is 11.3 Å². The Morgan fingerprint density at radius 2 is 1.95 bits per heavy atom. The van der Waals surface area contributed by atoms with E-state index in [4.69, 9.17) is 0 Å². The van der Waals surface area contributed by atoms with E-state index >= 15 is 0 Å². The highest BCUT2D eigenvalue weighted by molar-refractivity contribution is 7.13. The lowest BCUT2D eigenvalue weighted by atomic mass is 10.0. The largest absolute Gasteiger partial charge is 0.325 e. The Morgan fingerprint density at radius 3 is 2.64 bits per heavy atom. The highest BCUT2D eigenvalue weighted by Gasteiger charge is 2.11. The number of nitrogens with zero attached hydrogens (tertiary/aromatic N) is 1. The minimum Gasteiger partial charge on any atom is -0.325 e. The molecule has 0 radical (unpaired) electrons. The molecule has 1 heterocycles. The first-order valence-corrected chi connectivity index (χ1v) is 7.94. The number of carbonyl (C=O) groups excluding carboxylic acids is 2. The molecular weight excluding hydrogens is 298 g/mol. The van der Waals surface area contributed by atoms with Crippen molar-refractivity contribution in [2.45, 2.75) is 33.1 Å². The smallest absolute Gasteiger partial charge is 0.230 e. The van der Waals surface area contributed by atoms with Crippen molar-refractivity contribution >= 4 is 34.0 Å². The summed E-state index contributed by atoms with van der Waals surface area (Å²) in [4.78, 5) is 27.3. The molecule has 1 aromatic carbocycles. The van der Waals surface area contributed by atoms with E-state index in [0.717, 1.165) is 11.3 Å². The molecule has 2 N–H and O–H groups in total. The fourth-order valence-electron chi connectivity index (χ4n) is 2.07. The van der Waals surface area contributed by atoms with Crippen molar-refractivity contribution in [3.63, 3.8) is 0 Å². The van der Waals surface area contributed by atoms with Gasteiger partial charge in [0.05, 0.1) is 12.1 Å². The second-order valence-electron chi connectivity index (χ2n) is 5.29. The van der Waals surface area contributed by atoms with Crippen LogP contribution in [0.4, 0.5) is 10.8 Å². The molecule has 0 spiro atoms. The van der Waals surface area contributed by atoms with Gasteiger partial charge in [-0.25, -0.2) is 4.98 Å². The summed E-state index contributed by atoms with van der Waals surface area (Å²) < 4.78 is 0. The number of hydrogen-bond donors (Lipinski definition) is 2. The summed E-state index contributed by atoms with van der Waals surface area (Å²) in [6.07, 6.45) is 0.183. The van der Waals surface area contributed by atoms with Crippen molar-refractivity contribution < 1.29 is 9.59 Å². The third-order valence-electron chi connectivity index (χ3n) is 3.03. The van der Waals surface area contributed by atoms with Gasteiger partial charge in [0, 0.05) is 18.0 Å². The molecule has 0 aliphatic carbocycles. The van der Waals surface area contributed by atoms with E-state index in [1.165, 1.54) is 18.3 Å². The van der Waals surface area contributed by atoms with E-state index in [2.05, 4.69) is 29.5 Å². The van der Waals surface area contributed by atoms with Crippen molar-refractivity contribution in [2.75, 3.05) is 10.6 Å². The van der Waals surface area contributed by atoms with Crippen LogP contribution in [0.3, 0.4) is 0 Å². The van der Waals surface area contributed by atoms with Gasteiger partial charge in [-0.1, -0.05) is 32.0 Å². The molecule has 2 rings (SSSR count). The zero-order chi connectivity index (χ0) is 16.1. The standard InChI is InChI=1S/C16H19N3O2S/c1-10(2)13-6-4-5-7-14(13)19-15(21)8-12-9-22-16(18-12)17-11(3)20/h4-7,9-10H,8H2,1-3H3,(H,19,21)(H,17,18,20). The zero-order valence-electron chi connectivity index (χ0n) is 12.8. The monoisotopic (exact) mass is 317 g/mol. The number of thiazole rings is 1. The molecule has 22 heavy (non-hydrogen) atoms. The van der Waals surface area contributed by atoms with Crippen LogP contribution in [-0.4, -0.2) is 16.8 Å². The maximum absolute atomic E-state index is 12.2. The lowest BCUT2D eigenvalue weighted by molar-refractivity contribution is -0.116. The average Bonchev–Trinajstić information content (AvgIpc) is 2.85. The number of rotatable bonds is 5. The van der Waals surface area contributed by atoms with Gasteiger partial charge < -0.3 is 10.6 Å². The molecule has 1 aromatic heterocycles. The van der Waals surface area contributed by atoms with Crippen LogP contribution < -0.4 is 10.6 Å². The molecule has 0 unspecified atom stereocenters. The normalized spacial score (nSPS) is 10.5. The Kier molecular flexibility index (Phi) is 5.27. The maximum atomic E-state index is 12.2. The van der Waals surface area contributed by atoms with Gasteiger partial charge >= 0.3 is 0 Å². The number of hydrogen-bond acceptors (Lipinski definition) is 4. The van der Waals surface area contributed by atoms with Crippen LogP contribution in [0, 0.1) is 0 Å². The van der Waals surface area contributed by atoms with Crippen molar-refractivity contribution in [2.24, 2.45) is 0 Å². The first-order chi connectivity index (χ1) is 10.5. The van der Waals surface area contributed by atoms with Crippen LogP contribution in [0.1, 0.15) is 37.9 Å². The Labute approximate surface area is 133 Å². The third kappa shape index (κ3) is 4.39. The fraction of sp³-hybridized carbons (Fsp3) is 0.312. The van der Waals surface area contributed by atoms with E-state index in [1.807, 2.05) is 24.3 Å². The molecule has 0 bridgehead atoms. The van der Waals surface area contributed by atoms with Gasteiger partial charge in [-0.3, -0.25) is 9.59 Å². The number of aromatic nitrogens is 1. The third-order valence-corrected chi connectivity index (χ3v) is 3.84. The molecule has 0 aliphatic heterocycles. The quantitative estimate of drug-likeness (QED) is 0.888. The first-order valence-electron chi connectivity index (χ1n) is 7.06. The average molecular weight is 317 g/mol. The van der Waals surface area contributed by atoms with Crippen LogP contribution in [0.2, 0.25) is 0 Å². The molecule has 0 atom stereocenters. The first kappa shape index (κ1) is 16.2. The second kappa shape index (κ2) is 7.17. The van der Waals surface area contributed by atoms with Gasteiger partial charge in [-0.2, -0.15) is 0 Å². The van der Waals surface area contributed by atoms with Gasteiger partial charge in [0.2, 0.25) is 11.8 Å². The summed E-state index contributed by atoms with van der Waals surface area (Å²) >= 11 is 1.31. The maximum Gasteiger partial charge on any atom is 0.230 e. The van der Waals surface area contributed by atoms with Gasteiger partial charge in [0.1, 0.15) is 0 Å². The number of nitrogens with one attached hydrogen (secondary N) is 2. The lowest BCUT2D eigenvalue weighted by Gasteiger charge is -2.13. The molecule has 5 nitrogen and oxygen atoms in total. The number of amides is 2. The highest BCUT2D eigenvalue weighted by atomic mass is 32.1. The molecule has 2 amide bonds. The summed E-state index contributed by atoms with van der Waals surface area (Å²) in [7, 11) is 0. The highest BCUT2D eigenvalue weighted by Crippen LogP contribution is 2.24. The van der Waals surface area contributed by atoms with E-state index in [1.54, 1.807) is 5.38 Å². The van der Waals surface area contributed by atoms with Gasteiger partial charge in [0.25, 0.3) is 0 Å². The topological polar surface area (TPSA) is 71.1 Å². The zero-order valence-corrected chi connectivity index (χ0v) is 13.7. The minimum absolute atomic E-state index is 0.118. The molecule has 0 aliphatic rings. The van der Waals surface area contributed by atoms with Crippen LogP contribution in [-0.2, 0) is 16.0 Å². The van der Waals surface area contributed by atoms with Crippen LogP contribution in [0.25, 0.3) is 0 Å². The van der Waals surface area contributed by atoms with Crippen molar-refractivity contribution in [3.05, 3.63) is 40.9 Å². The van der Waals surface area contributed by atoms with Gasteiger partial charge in [-0.05, 0) is 17.5 Å². The summed E-state index contributed by atoms with van der Waals surface area (Å²) in [5.74, 6) is 0.0473. The Bertz CT molecular complexity index is 680. The molecule has 116 valence electrons. The van der Waals surface area contributed by atoms with Crippen molar-refractivity contribution in [3.8, 4) is 0 Å². The van der Waals surface area contributed by atoms with E-state index in [0.29, 0.717) is 16.7 Å². The molecule has 6 heteroatoms. The summed E-state index contributed by atoms with van der Waals surface area (Å²) in [6, 6.07) is 7.78. The Balaban J connectivity index is 2.01. The predicted octanol–water partition coefficient (Wildman–Crippen LogP) is 3.41. The van der Waals surface area contributed by atoms with Gasteiger partial charge in [0.15, 0.2) is 5.13 Å². The molecule has 2 aromatic rings. The minimum atomic E-state index is -0.170. The fourth-order valence-corrected chi connectivity index (χ4v) is 2.83. The van der Waals surface area contributed by atoms with Crippen LogP contribution >= 0.6 is 11.3 Å². The Hall–Kier alpha value is -2.21. The SMILES string of the molecule is CC(=O)Nc1nc(CC(=O)Nc2ccccc2C(C)C)cs1. The van der Waals surface area contributed by atoms with Crippen LogP contribution in [0.5, 0.6) is 0 Å². The molecule has 0 fully saturated rings. The summed E-state index contributed by atoms with van der Waals surface area (Å²) in [6.45, 7) is 5.60. The predicted molar refractivity (Wildman–Crippen MR) is 89.3 cm³/mol. The Morgan fingerprint density at radius 1 is 1.23 bits per heavy atom. The number of para-hydroxylation sites is 1. The molecule has 0 saturated carbocycles. The second-order valence-corrected chi connectivity index (χ2v) is 6.15. The lowest BCUT2D eigenvalue weighted by Crippen LogP contribution is -2.16. The number of benzene rings is 1. The number of anilines is 2. The van der Waals surface area contributed by atoms with E-state index < -0.39 is 0 Å². The number of carbonyl (C=O) groups is 2. The molecule has 0 saturated heterocycles. The molecular formula is C16H19N3O2S. The van der Waals surface area contributed by atoms with E-state index in [-0.39, 0.29) is 18.2 Å². The van der Waals surface area contributed by atoms with Crippen molar-refractivity contribution in [1.82, 2.24) is 4.98 Å².